The monoisotopic (exact) mass is 459 g/mol. The lowest BCUT2D eigenvalue weighted by atomic mass is 10.1. The first-order valence-corrected chi connectivity index (χ1v) is 10.4. The van der Waals surface area contributed by atoms with E-state index < -0.39 is 5.97 Å². The molecule has 0 spiro atoms. The van der Waals surface area contributed by atoms with Crippen molar-refractivity contribution < 1.29 is 37.7 Å². The molecule has 11 nitrogen and oxygen atoms in total. The van der Waals surface area contributed by atoms with Crippen LogP contribution in [0.5, 0.6) is 11.5 Å². The zero-order valence-electron chi connectivity index (χ0n) is 18.4. The SMILES string of the molecule is COCc1ccc(C(=O)N2CCN(CC(=O)Nc3cc4c(cc3C(=O)OC)OCO4)CC2)o1. The molecule has 2 aliphatic rings. The van der Waals surface area contributed by atoms with E-state index in [-0.39, 0.29) is 42.2 Å². The van der Waals surface area contributed by atoms with Gasteiger partial charge in [0, 0.05) is 45.4 Å². The predicted octanol–water partition coefficient (Wildman–Crippen LogP) is 1.34. The number of fused-ring (bicyclic) bond motifs is 1. The topological polar surface area (TPSA) is 120 Å². The number of nitrogens with zero attached hydrogens (tertiary/aromatic N) is 2. The summed E-state index contributed by atoms with van der Waals surface area (Å²) in [6.07, 6.45) is 0. The van der Waals surface area contributed by atoms with Crippen LogP contribution in [0.2, 0.25) is 0 Å². The van der Waals surface area contributed by atoms with Crippen LogP contribution in [0.3, 0.4) is 0 Å². The average molecular weight is 459 g/mol. The Morgan fingerprint density at radius 2 is 1.76 bits per heavy atom. The molecule has 2 amide bonds. The van der Waals surface area contributed by atoms with Crippen LogP contribution in [0.4, 0.5) is 5.69 Å². The minimum atomic E-state index is -0.595. The summed E-state index contributed by atoms with van der Waals surface area (Å²) in [4.78, 5) is 41.1. The lowest BCUT2D eigenvalue weighted by Gasteiger charge is -2.33. The Kier molecular flexibility index (Phi) is 6.80. The van der Waals surface area contributed by atoms with Crippen molar-refractivity contribution in [3.8, 4) is 11.5 Å². The van der Waals surface area contributed by atoms with E-state index in [1.54, 1.807) is 30.2 Å². The van der Waals surface area contributed by atoms with Crippen LogP contribution in [0.25, 0.3) is 0 Å². The standard InChI is InChI=1S/C22H25N3O8/c1-29-12-14-3-4-17(33-14)21(27)25-7-5-24(6-8-25)11-20(26)23-16-10-19-18(31-13-32-19)9-15(16)22(28)30-2/h3-4,9-10H,5-8,11-13H2,1-2H3,(H,23,26). The van der Waals surface area contributed by atoms with Crippen molar-refractivity contribution in [2.24, 2.45) is 0 Å². The first kappa shape index (κ1) is 22.6. The second-order valence-electron chi connectivity index (χ2n) is 7.56. The highest BCUT2D eigenvalue weighted by Crippen LogP contribution is 2.37. The van der Waals surface area contributed by atoms with Gasteiger partial charge in [-0.3, -0.25) is 14.5 Å². The van der Waals surface area contributed by atoms with Crippen molar-refractivity contribution in [1.82, 2.24) is 9.80 Å². The number of furan rings is 1. The molecular weight excluding hydrogens is 434 g/mol. The molecule has 0 bridgehead atoms. The average Bonchev–Trinajstić information content (AvgIpc) is 3.47. The molecule has 4 rings (SSSR count). The van der Waals surface area contributed by atoms with Gasteiger partial charge in [-0.2, -0.15) is 0 Å². The summed E-state index contributed by atoms with van der Waals surface area (Å²) in [6, 6.07) is 6.39. The van der Waals surface area contributed by atoms with E-state index in [4.69, 9.17) is 23.4 Å². The zero-order valence-corrected chi connectivity index (χ0v) is 18.4. The van der Waals surface area contributed by atoms with Crippen LogP contribution < -0.4 is 14.8 Å². The first-order chi connectivity index (χ1) is 16.0. The Hall–Kier alpha value is -3.57. The highest BCUT2D eigenvalue weighted by atomic mass is 16.7. The molecule has 0 unspecified atom stereocenters. The minimum Gasteiger partial charge on any atom is -0.465 e. The van der Waals surface area contributed by atoms with Gasteiger partial charge in [-0.15, -0.1) is 0 Å². The van der Waals surface area contributed by atoms with Crippen LogP contribution in [-0.2, 0) is 20.9 Å². The number of ether oxygens (including phenoxy) is 4. The second-order valence-corrected chi connectivity index (χ2v) is 7.56. The number of hydrogen-bond donors (Lipinski definition) is 1. The molecule has 2 aliphatic heterocycles. The Bertz CT molecular complexity index is 1040. The molecule has 1 aromatic heterocycles. The molecular formula is C22H25N3O8. The number of esters is 1. The normalized spacial score (nSPS) is 15.4. The van der Waals surface area contributed by atoms with Gasteiger partial charge in [-0.1, -0.05) is 0 Å². The number of nitrogens with one attached hydrogen (secondary N) is 1. The summed E-state index contributed by atoms with van der Waals surface area (Å²) >= 11 is 0. The molecule has 33 heavy (non-hydrogen) atoms. The van der Waals surface area contributed by atoms with Gasteiger partial charge < -0.3 is 33.6 Å². The van der Waals surface area contributed by atoms with Gasteiger partial charge in [0.25, 0.3) is 5.91 Å². The van der Waals surface area contributed by atoms with Gasteiger partial charge in [0.1, 0.15) is 12.4 Å². The summed E-state index contributed by atoms with van der Waals surface area (Å²) in [5, 5.41) is 2.75. The highest BCUT2D eigenvalue weighted by molar-refractivity contribution is 6.02. The quantitative estimate of drug-likeness (QED) is 0.612. The fourth-order valence-electron chi connectivity index (χ4n) is 3.69. The molecule has 0 saturated carbocycles. The van der Waals surface area contributed by atoms with Gasteiger partial charge in [-0.25, -0.2) is 4.79 Å². The van der Waals surface area contributed by atoms with Gasteiger partial charge >= 0.3 is 5.97 Å². The summed E-state index contributed by atoms with van der Waals surface area (Å²) in [5.41, 5.74) is 0.464. The number of carbonyl (C=O) groups is 3. The van der Waals surface area contributed by atoms with E-state index in [0.29, 0.717) is 50.0 Å². The third-order valence-corrected chi connectivity index (χ3v) is 5.38. The van der Waals surface area contributed by atoms with Crippen molar-refractivity contribution in [1.29, 1.82) is 0 Å². The molecule has 176 valence electrons. The van der Waals surface area contributed by atoms with E-state index in [1.807, 2.05) is 4.90 Å². The Labute approximate surface area is 190 Å². The van der Waals surface area contributed by atoms with Crippen molar-refractivity contribution in [3.63, 3.8) is 0 Å². The number of methoxy groups -OCH3 is 2. The third kappa shape index (κ3) is 5.10. The van der Waals surface area contributed by atoms with Gasteiger partial charge in [0.05, 0.1) is 24.9 Å². The maximum Gasteiger partial charge on any atom is 0.340 e. The predicted molar refractivity (Wildman–Crippen MR) is 114 cm³/mol. The molecule has 11 heteroatoms. The molecule has 0 radical (unpaired) electrons. The van der Waals surface area contributed by atoms with E-state index >= 15 is 0 Å². The molecule has 0 aliphatic carbocycles. The smallest absolute Gasteiger partial charge is 0.340 e. The Balaban J connectivity index is 1.32. The second kappa shape index (κ2) is 9.92. The van der Waals surface area contributed by atoms with Crippen LogP contribution in [0.1, 0.15) is 26.7 Å². The lowest BCUT2D eigenvalue weighted by molar-refractivity contribution is -0.117. The minimum absolute atomic E-state index is 0.0437. The molecule has 2 aromatic rings. The highest BCUT2D eigenvalue weighted by Gasteiger charge is 2.26. The van der Waals surface area contributed by atoms with Crippen LogP contribution in [0.15, 0.2) is 28.7 Å². The van der Waals surface area contributed by atoms with Crippen molar-refractivity contribution in [2.75, 3.05) is 59.1 Å². The van der Waals surface area contributed by atoms with Gasteiger partial charge in [0.15, 0.2) is 17.3 Å². The fraction of sp³-hybridized carbons (Fsp3) is 0.409. The summed E-state index contributed by atoms with van der Waals surface area (Å²) in [6.45, 7) is 2.43. The van der Waals surface area contributed by atoms with E-state index in [0.717, 1.165) is 0 Å². The largest absolute Gasteiger partial charge is 0.465 e. The maximum atomic E-state index is 12.7. The summed E-state index contributed by atoms with van der Waals surface area (Å²) in [5.74, 6) is 0.634. The van der Waals surface area contributed by atoms with Crippen molar-refractivity contribution >= 4 is 23.5 Å². The number of benzene rings is 1. The molecule has 1 aromatic carbocycles. The molecule has 0 atom stereocenters. The first-order valence-electron chi connectivity index (χ1n) is 10.4. The zero-order chi connectivity index (χ0) is 23.4. The number of piperazine rings is 1. The van der Waals surface area contributed by atoms with Crippen LogP contribution in [0, 0.1) is 0 Å². The molecule has 1 N–H and O–H groups in total. The lowest BCUT2D eigenvalue weighted by Crippen LogP contribution is -2.50. The number of carbonyl (C=O) groups excluding carboxylic acids is 3. The number of rotatable bonds is 7. The van der Waals surface area contributed by atoms with Gasteiger partial charge in [-0.05, 0) is 12.1 Å². The van der Waals surface area contributed by atoms with E-state index in [9.17, 15) is 14.4 Å². The van der Waals surface area contributed by atoms with Crippen LogP contribution in [-0.4, -0.2) is 81.3 Å². The fourth-order valence-corrected chi connectivity index (χ4v) is 3.69. The number of amides is 2. The summed E-state index contributed by atoms with van der Waals surface area (Å²) in [7, 11) is 2.82. The molecule has 1 fully saturated rings. The third-order valence-electron chi connectivity index (χ3n) is 5.38. The van der Waals surface area contributed by atoms with Crippen molar-refractivity contribution in [3.05, 3.63) is 41.3 Å². The van der Waals surface area contributed by atoms with E-state index in [2.05, 4.69) is 5.32 Å². The maximum absolute atomic E-state index is 12.7. The number of anilines is 1. The van der Waals surface area contributed by atoms with Gasteiger partial charge in [0.2, 0.25) is 12.7 Å². The Morgan fingerprint density at radius 3 is 2.45 bits per heavy atom. The van der Waals surface area contributed by atoms with E-state index in [1.165, 1.54) is 13.2 Å². The summed E-state index contributed by atoms with van der Waals surface area (Å²) < 4.78 is 26.0. The molecule has 1 saturated heterocycles. The number of hydrogen-bond acceptors (Lipinski definition) is 9. The molecule has 3 heterocycles. The van der Waals surface area contributed by atoms with Crippen molar-refractivity contribution in [2.45, 2.75) is 6.61 Å². The van der Waals surface area contributed by atoms with Crippen LogP contribution >= 0.6 is 0 Å². The Morgan fingerprint density at radius 1 is 1.03 bits per heavy atom.